The minimum absolute atomic E-state index is 0.159. The number of hydrogen-bond donors (Lipinski definition) is 1. The predicted molar refractivity (Wildman–Crippen MR) is 85.2 cm³/mol. The first-order valence-corrected chi connectivity index (χ1v) is 7.13. The number of nitro groups is 1. The van der Waals surface area contributed by atoms with E-state index in [0.29, 0.717) is 15.1 Å². The molecular formula is C13H7BrCl2N2O3. The number of benzene rings is 2. The SMILES string of the molecule is O=C(Nc1cc([N+](=O)[O-])ccc1Cl)c1cc(Cl)cc(Br)c1. The molecule has 0 fully saturated rings. The van der Waals surface area contributed by atoms with Gasteiger partial charge in [0.05, 0.1) is 15.6 Å². The van der Waals surface area contributed by atoms with Gasteiger partial charge >= 0.3 is 0 Å². The van der Waals surface area contributed by atoms with E-state index in [-0.39, 0.29) is 16.4 Å². The van der Waals surface area contributed by atoms with Gasteiger partial charge in [-0.05, 0) is 24.3 Å². The quantitative estimate of drug-likeness (QED) is 0.598. The molecule has 0 spiro atoms. The van der Waals surface area contributed by atoms with E-state index in [2.05, 4.69) is 21.2 Å². The third-order valence-electron chi connectivity index (χ3n) is 2.53. The van der Waals surface area contributed by atoms with Crippen molar-refractivity contribution in [3.8, 4) is 0 Å². The number of halogens is 3. The monoisotopic (exact) mass is 388 g/mol. The Morgan fingerprint density at radius 3 is 2.52 bits per heavy atom. The van der Waals surface area contributed by atoms with Crippen LogP contribution < -0.4 is 5.32 Å². The van der Waals surface area contributed by atoms with E-state index in [1.54, 1.807) is 12.1 Å². The van der Waals surface area contributed by atoms with Crippen molar-refractivity contribution in [3.05, 3.63) is 66.6 Å². The van der Waals surface area contributed by atoms with Crippen LogP contribution in [0.25, 0.3) is 0 Å². The molecular weight excluding hydrogens is 383 g/mol. The summed E-state index contributed by atoms with van der Waals surface area (Å²) in [6, 6.07) is 8.50. The van der Waals surface area contributed by atoms with Crippen molar-refractivity contribution in [1.29, 1.82) is 0 Å². The standard InChI is InChI=1S/C13H7BrCl2N2O3/c14-8-3-7(4-9(15)5-8)13(19)17-12-6-10(18(20)21)1-2-11(12)16/h1-6H,(H,17,19). The molecule has 0 saturated heterocycles. The molecule has 0 heterocycles. The number of nitrogens with zero attached hydrogens (tertiary/aromatic N) is 1. The lowest BCUT2D eigenvalue weighted by atomic mass is 10.2. The number of amides is 1. The van der Waals surface area contributed by atoms with E-state index >= 15 is 0 Å². The Balaban J connectivity index is 2.31. The van der Waals surface area contributed by atoms with Crippen LogP contribution in [-0.4, -0.2) is 10.8 Å². The number of rotatable bonds is 3. The van der Waals surface area contributed by atoms with E-state index < -0.39 is 10.8 Å². The van der Waals surface area contributed by atoms with Gasteiger partial charge in [0, 0.05) is 27.2 Å². The molecule has 2 aromatic rings. The van der Waals surface area contributed by atoms with Crippen LogP contribution in [0.15, 0.2) is 40.9 Å². The van der Waals surface area contributed by atoms with E-state index in [4.69, 9.17) is 23.2 Å². The second-order valence-electron chi connectivity index (χ2n) is 4.03. The molecule has 0 bridgehead atoms. The summed E-state index contributed by atoms with van der Waals surface area (Å²) in [6.45, 7) is 0. The number of carbonyl (C=O) groups excluding carboxylic acids is 1. The van der Waals surface area contributed by atoms with Crippen LogP contribution in [0, 0.1) is 10.1 Å². The number of hydrogen-bond acceptors (Lipinski definition) is 3. The van der Waals surface area contributed by atoms with Crippen LogP contribution in [0.3, 0.4) is 0 Å². The van der Waals surface area contributed by atoms with E-state index in [9.17, 15) is 14.9 Å². The summed E-state index contributed by atoms with van der Waals surface area (Å²) in [5, 5.41) is 13.8. The van der Waals surface area contributed by atoms with Gasteiger partial charge in [-0.1, -0.05) is 39.1 Å². The van der Waals surface area contributed by atoms with Crippen LogP contribution in [0.2, 0.25) is 10.0 Å². The lowest BCUT2D eigenvalue weighted by molar-refractivity contribution is -0.384. The zero-order chi connectivity index (χ0) is 15.6. The molecule has 0 atom stereocenters. The van der Waals surface area contributed by atoms with Gasteiger partial charge in [-0.3, -0.25) is 14.9 Å². The summed E-state index contributed by atoms with van der Waals surface area (Å²) in [7, 11) is 0. The Hall–Kier alpha value is -1.63. The van der Waals surface area contributed by atoms with Crippen LogP contribution in [0.1, 0.15) is 10.4 Å². The predicted octanol–water partition coefficient (Wildman–Crippen LogP) is 4.92. The fraction of sp³-hybridized carbons (Fsp3) is 0. The van der Waals surface area contributed by atoms with E-state index in [0.717, 1.165) is 0 Å². The fourth-order valence-electron chi connectivity index (χ4n) is 1.60. The zero-order valence-corrected chi connectivity index (χ0v) is 13.4. The molecule has 5 nitrogen and oxygen atoms in total. The van der Waals surface area contributed by atoms with Crippen molar-refractivity contribution in [1.82, 2.24) is 0 Å². The molecule has 1 amide bonds. The summed E-state index contributed by atoms with van der Waals surface area (Å²) < 4.78 is 0.644. The number of carbonyl (C=O) groups is 1. The summed E-state index contributed by atoms with van der Waals surface area (Å²) in [5.41, 5.74) is 0.297. The third-order valence-corrected chi connectivity index (χ3v) is 3.54. The maximum Gasteiger partial charge on any atom is 0.271 e. The van der Waals surface area contributed by atoms with Crippen molar-refractivity contribution >= 4 is 56.4 Å². The first kappa shape index (κ1) is 15.8. The molecule has 0 unspecified atom stereocenters. The molecule has 0 aliphatic rings. The van der Waals surface area contributed by atoms with Gasteiger partial charge < -0.3 is 5.32 Å². The molecule has 2 aromatic carbocycles. The molecule has 0 aromatic heterocycles. The van der Waals surface area contributed by atoms with Crippen molar-refractivity contribution in [2.24, 2.45) is 0 Å². The van der Waals surface area contributed by atoms with Crippen LogP contribution in [0.4, 0.5) is 11.4 Å². The highest BCUT2D eigenvalue weighted by Crippen LogP contribution is 2.28. The number of anilines is 1. The first-order chi connectivity index (χ1) is 9.86. The Morgan fingerprint density at radius 2 is 1.90 bits per heavy atom. The molecule has 0 aliphatic carbocycles. The van der Waals surface area contributed by atoms with E-state index in [1.165, 1.54) is 24.3 Å². The molecule has 21 heavy (non-hydrogen) atoms. The summed E-state index contributed by atoms with van der Waals surface area (Å²) in [5.74, 6) is -0.472. The number of nitrogens with one attached hydrogen (secondary N) is 1. The summed E-state index contributed by atoms with van der Waals surface area (Å²) in [4.78, 5) is 22.3. The van der Waals surface area contributed by atoms with Crippen LogP contribution >= 0.6 is 39.1 Å². The lowest BCUT2D eigenvalue weighted by Crippen LogP contribution is -2.12. The van der Waals surface area contributed by atoms with Gasteiger partial charge in [-0.2, -0.15) is 0 Å². The number of non-ortho nitro benzene ring substituents is 1. The fourth-order valence-corrected chi connectivity index (χ4v) is 2.63. The van der Waals surface area contributed by atoms with Crippen molar-refractivity contribution in [3.63, 3.8) is 0 Å². The highest BCUT2D eigenvalue weighted by Gasteiger charge is 2.14. The summed E-state index contributed by atoms with van der Waals surface area (Å²) in [6.07, 6.45) is 0. The molecule has 1 N–H and O–H groups in total. The van der Waals surface area contributed by atoms with Gasteiger partial charge in [0.15, 0.2) is 0 Å². The smallest absolute Gasteiger partial charge is 0.271 e. The van der Waals surface area contributed by atoms with E-state index in [1.807, 2.05) is 0 Å². The average Bonchev–Trinajstić information content (AvgIpc) is 2.39. The molecule has 2 rings (SSSR count). The largest absolute Gasteiger partial charge is 0.320 e. The topological polar surface area (TPSA) is 72.2 Å². The minimum Gasteiger partial charge on any atom is -0.320 e. The minimum atomic E-state index is -0.568. The zero-order valence-electron chi connectivity index (χ0n) is 10.3. The average molecular weight is 390 g/mol. The molecule has 0 aliphatic heterocycles. The second-order valence-corrected chi connectivity index (χ2v) is 5.79. The van der Waals surface area contributed by atoms with Gasteiger partial charge in [-0.15, -0.1) is 0 Å². The highest BCUT2D eigenvalue weighted by molar-refractivity contribution is 9.10. The molecule has 8 heteroatoms. The van der Waals surface area contributed by atoms with Gasteiger partial charge in [0.1, 0.15) is 0 Å². The van der Waals surface area contributed by atoms with Crippen molar-refractivity contribution in [2.45, 2.75) is 0 Å². The second kappa shape index (κ2) is 6.43. The van der Waals surface area contributed by atoms with Gasteiger partial charge in [0.25, 0.3) is 11.6 Å². The van der Waals surface area contributed by atoms with Crippen molar-refractivity contribution < 1.29 is 9.72 Å². The highest BCUT2D eigenvalue weighted by atomic mass is 79.9. The number of nitro benzene ring substituents is 1. The molecule has 108 valence electrons. The Morgan fingerprint density at radius 1 is 1.19 bits per heavy atom. The Kier molecular flexibility index (Phi) is 4.82. The molecule has 0 radical (unpaired) electrons. The van der Waals surface area contributed by atoms with Gasteiger partial charge in [0.2, 0.25) is 0 Å². The third kappa shape index (κ3) is 3.93. The Bertz CT molecular complexity index is 717. The lowest BCUT2D eigenvalue weighted by Gasteiger charge is -2.08. The Labute approximate surface area is 138 Å². The normalized spacial score (nSPS) is 10.2. The van der Waals surface area contributed by atoms with Crippen molar-refractivity contribution in [2.75, 3.05) is 5.32 Å². The van der Waals surface area contributed by atoms with Gasteiger partial charge in [-0.25, -0.2) is 0 Å². The maximum atomic E-state index is 12.1. The first-order valence-electron chi connectivity index (χ1n) is 5.58. The van der Waals surface area contributed by atoms with Crippen LogP contribution in [-0.2, 0) is 0 Å². The summed E-state index contributed by atoms with van der Waals surface area (Å²) >= 11 is 15.0. The molecule has 0 saturated carbocycles. The maximum absolute atomic E-state index is 12.1. The van der Waals surface area contributed by atoms with Crippen LogP contribution in [0.5, 0.6) is 0 Å².